The van der Waals surface area contributed by atoms with Crippen molar-refractivity contribution in [3.63, 3.8) is 0 Å². The average molecular weight is 230 g/mol. The van der Waals surface area contributed by atoms with Crippen LogP contribution in [-0.2, 0) is 13.1 Å². The summed E-state index contributed by atoms with van der Waals surface area (Å²) in [6.45, 7) is 0.467. The van der Waals surface area contributed by atoms with E-state index in [2.05, 4.69) is 9.97 Å². The van der Waals surface area contributed by atoms with Crippen LogP contribution in [0.15, 0.2) is 0 Å². The fourth-order valence-electron chi connectivity index (χ4n) is 1.50. The minimum Gasteiger partial charge on any atom is -0.481 e. The minimum atomic E-state index is -0.994. The fraction of sp³-hybridized carbons (Fsp3) is 0.375. The molecule has 0 radical (unpaired) electrons. The number of methoxy groups -OCH3 is 1. The van der Waals surface area contributed by atoms with Gasteiger partial charge >= 0.3 is 6.09 Å². The van der Waals surface area contributed by atoms with E-state index in [9.17, 15) is 4.79 Å². The van der Waals surface area contributed by atoms with Crippen molar-refractivity contribution in [2.24, 2.45) is 0 Å². The van der Waals surface area contributed by atoms with Gasteiger partial charge in [-0.05, 0) is 11.6 Å². The molecule has 1 aliphatic heterocycles. The standard InChI is InChI=1S/C8H8ClN3O3/c1-15-6-4-2-12(8(13)14)3-5(4)10-7(9)11-6/h2-3H2,1H3,(H,13,14). The number of aromatic nitrogens is 2. The van der Waals surface area contributed by atoms with Gasteiger partial charge in [0.25, 0.3) is 0 Å². The third-order valence-electron chi connectivity index (χ3n) is 2.18. The molecule has 0 saturated heterocycles. The number of rotatable bonds is 1. The van der Waals surface area contributed by atoms with Gasteiger partial charge in [-0.1, -0.05) is 0 Å². The molecular formula is C8H8ClN3O3. The highest BCUT2D eigenvalue weighted by Crippen LogP contribution is 2.29. The van der Waals surface area contributed by atoms with Crippen molar-refractivity contribution in [1.82, 2.24) is 14.9 Å². The Morgan fingerprint density at radius 3 is 2.87 bits per heavy atom. The second kappa shape index (κ2) is 3.54. The number of hydrogen-bond acceptors (Lipinski definition) is 4. The zero-order valence-electron chi connectivity index (χ0n) is 7.90. The highest BCUT2D eigenvalue weighted by Gasteiger charge is 2.28. The number of hydrogen-bond donors (Lipinski definition) is 1. The predicted octanol–water partition coefficient (Wildman–Crippen LogP) is 1.13. The topological polar surface area (TPSA) is 75.6 Å². The lowest BCUT2D eigenvalue weighted by molar-refractivity contribution is 0.144. The van der Waals surface area contributed by atoms with E-state index in [0.29, 0.717) is 17.1 Å². The van der Waals surface area contributed by atoms with Gasteiger partial charge in [-0.25, -0.2) is 9.78 Å². The summed E-state index contributed by atoms with van der Waals surface area (Å²) in [5.74, 6) is 0.341. The van der Waals surface area contributed by atoms with E-state index < -0.39 is 6.09 Å². The van der Waals surface area contributed by atoms with Gasteiger partial charge in [0.2, 0.25) is 11.2 Å². The van der Waals surface area contributed by atoms with Crippen molar-refractivity contribution in [2.75, 3.05) is 7.11 Å². The maximum atomic E-state index is 10.8. The summed E-state index contributed by atoms with van der Waals surface area (Å²) in [6.07, 6.45) is -0.994. The van der Waals surface area contributed by atoms with E-state index in [1.165, 1.54) is 12.0 Å². The highest BCUT2D eigenvalue weighted by molar-refractivity contribution is 6.28. The summed E-state index contributed by atoms with van der Waals surface area (Å²) in [7, 11) is 1.46. The zero-order chi connectivity index (χ0) is 11.0. The molecule has 0 spiro atoms. The van der Waals surface area contributed by atoms with Crippen LogP contribution >= 0.6 is 11.6 Å². The van der Waals surface area contributed by atoms with Crippen LogP contribution in [0.3, 0.4) is 0 Å². The zero-order valence-corrected chi connectivity index (χ0v) is 8.65. The Hall–Kier alpha value is -1.56. The molecule has 15 heavy (non-hydrogen) atoms. The van der Waals surface area contributed by atoms with Gasteiger partial charge in [0.1, 0.15) is 0 Å². The van der Waals surface area contributed by atoms with E-state index in [0.717, 1.165) is 0 Å². The largest absolute Gasteiger partial charge is 0.481 e. The number of halogens is 1. The molecular weight excluding hydrogens is 222 g/mol. The quantitative estimate of drug-likeness (QED) is 0.731. The second-order valence-electron chi connectivity index (χ2n) is 3.07. The molecule has 1 amide bonds. The lowest BCUT2D eigenvalue weighted by atomic mass is 10.3. The molecule has 1 aliphatic rings. The number of amides is 1. The Morgan fingerprint density at radius 2 is 2.27 bits per heavy atom. The maximum absolute atomic E-state index is 10.8. The molecule has 0 fully saturated rings. The summed E-state index contributed by atoms with van der Waals surface area (Å²) >= 11 is 5.67. The van der Waals surface area contributed by atoms with Crippen molar-refractivity contribution < 1.29 is 14.6 Å². The molecule has 7 heteroatoms. The van der Waals surface area contributed by atoms with Crippen LogP contribution in [0.4, 0.5) is 4.79 Å². The molecule has 0 bridgehead atoms. The fourth-order valence-corrected chi connectivity index (χ4v) is 1.68. The number of fused-ring (bicyclic) bond motifs is 1. The number of carbonyl (C=O) groups is 1. The molecule has 6 nitrogen and oxygen atoms in total. The lowest BCUT2D eigenvalue weighted by Crippen LogP contribution is -2.22. The van der Waals surface area contributed by atoms with E-state index >= 15 is 0 Å². The third-order valence-corrected chi connectivity index (χ3v) is 2.35. The van der Waals surface area contributed by atoms with Crippen molar-refractivity contribution >= 4 is 17.7 Å². The molecule has 0 unspecified atom stereocenters. The smallest absolute Gasteiger partial charge is 0.407 e. The monoisotopic (exact) mass is 229 g/mol. The molecule has 2 heterocycles. The van der Waals surface area contributed by atoms with E-state index in [-0.39, 0.29) is 18.4 Å². The summed E-state index contributed by atoms with van der Waals surface area (Å²) in [5.41, 5.74) is 1.29. The highest BCUT2D eigenvalue weighted by atomic mass is 35.5. The van der Waals surface area contributed by atoms with Gasteiger partial charge in [-0.15, -0.1) is 0 Å². The molecule has 1 aromatic heterocycles. The summed E-state index contributed by atoms with van der Waals surface area (Å²) in [6, 6.07) is 0. The Labute approximate surface area is 90.5 Å². The van der Waals surface area contributed by atoms with Crippen molar-refractivity contribution in [2.45, 2.75) is 13.1 Å². The molecule has 0 aromatic carbocycles. The summed E-state index contributed by atoms with van der Waals surface area (Å²) < 4.78 is 5.01. The molecule has 80 valence electrons. The lowest BCUT2D eigenvalue weighted by Gasteiger charge is -2.08. The van der Waals surface area contributed by atoms with Crippen LogP contribution in [-0.4, -0.2) is 33.2 Å². The third kappa shape index (κ3) is 1.68. The van der Waals surface area contributed by atoms with Crippen LogP contribution in [0.2, 0.25) is 5.28 Å². The van der Waals surface area contributed by atoms with Gasteiger partial charge in [-0.2, -0.15) is 4.98 Å². The van der Waals surface area contributed by atoms with E-state index in [1.54, 1.807) is 0 Å². The maximum Gasteiger partial charge on any atom is 0.407 e. The van der Waals surface area contributed by atoms with Gasteiger partial charge in [0.15, 0.2) is 0 Å². The summed E-state index contributed by atoms with van der Waals surface area (Å²) in [5, 5.41) is 8.89. The van der Waals surface area contributed by atoms with E-state index in [1.807, 2.05) is 0 Å². The first-order valence-electron chi connectivity index (χ1n) is 4.19. The Bertz CT molecular complexity index is 424. The SMILES string of the molecule is COc1nc(Cl)nc2c1CN(C(=O)O)C2. The van der Waals surface area contributed by atoms with Crippen molar-refractivity contribution in [3.05, 3.63) is 16.5 Å². The first-order valence-corrected chi connectivity index (χ1v) is 4.56. The van der Waals surface area contributed by atoms with E-state index in [4.69, 9.17) is 21.4 Å². The number of carboxylic acid groups (broad SMARTS) is 1. The number of nitrogens with zero attached hydrogens (tertiary/aromatic N) is 3. The molecule has 1 aromatic rings. The van der Waals surface area contributed by atoms with Crippen LogP contribution in [0.25, 0.3) is 0 Å². The Balaban J connectivity index is 2.40. The number of ether oxygens (including phenoxy) is 1. The first kappa shape index (κ1) is 9.97. The van der Waals surface area contributed by atoms with Crippen LogP contribution in [0, 0.1) is 0 Å². The van der Waals surface area contributed by atoms with Gasteiger partial charge in [0.05, 0.1) is 31.5 Å². The average Bonchev–Trinajstić information content (AvgIpc) is 2.59. The Morgan fingerprint density at radius 1 is 1.53 bits per heavy atom. The van der Waals surface area contributed by atoms with Gasteiger partial charge < -0.3 is 9.84 Å². The van der Waals surface area contributed by atoms with Crippen LogP contribution in [0.5, 0.6) is 5.88 Å². The summed E-state index contributed by atoms with van der Waals surface area (Å²) in [4.78, 5) is 19.8. The van der Waals surface area contributed by atoms with Gasteiger partial charge in [0, 0.05) is 0 Å². The van der Waals surface area contributed by atoms with Crippen molar-refractivity contribution in [3.8, 4) is 5.88 Å². The predicted molar refractivity (Wildman–Crippen MR) is 50.9 cm³/mol. The second-order valence-corrected chi connectivity index (χ2v) is 3.40. The Kier molecular flexibility index (Phi) is 2.36. The normalized spacial score (nSPS) is 13.9. The molecule has 1 N–H and O–H groups in total. The minimum absolute atomic E-state index is 0.0674. The van der Waals surface area contributed by atoms with Crippen LogP contribution < -0.4 is 4.74 Å². The molecule has 0 aliphatic carbocycles. The molecule has 0 saturated carbocycles. The van der Waals surface area contributed by atoms with Crippen LogP contribution in [0.1, 0.15) is 11.3 Å². The van der Waals surface area contributed by atoms with Gasteiger partial charge in [-0.3, -0.25) is 4.90 Å². The van der Waals surface area contributed by atoms with Crippen molar-refractivity contribution in [1.29, 1.82) is 0 Å². The first-order chi connectivity index (χ1) is 7.11. The molecule has 2 rings (SSSR count). The molecule has 0 atom stereocenters.